The van der Waals surface area contributed by atoms with Gasteiger partial charge in [-0.3, -0.25) is 0 Å². The van der Waals surface area contributed by atoms with E-state index in [0.29, 0.717) is 0 Å². The van der Waals surface area contributed by atoms with Gasteiger partial charge in [0.1, 0.15) is 18.2 Å². The summed E-state index contributed by atoms with van der Waals surface area (Å²) in [5.74, 6) is 1.94. The van der Waals surface area contributed by atoms with E-state index >= 15 is 0 Å². The maximum absolute atomic E-state index is 13.5. The molecule has 0 fully saturated rings. The Kier molecular flexibility index (Phi) is 5.84. The van der Waals surface area contributed by atoms with Crippen molar-refractivity contribution < 1.29 is 26.3 Å². The zero-order valence-electron chi connectivity index (χ0n) is 12.2. The summed E-state index contributed by atoms with van der Waals surface area (Å²) in [5, 5.41) is 0. The molecular weight excluding hydrogens is 343 g/mol. The van der Waals surface area contributed by atoms with Gasteiger partial charge in [-0.1, -0.05) is 30.0 Å². The first-order chi connectivity index (χ1) is 11.4. The fourth-order valence-corrected chi connectivity index (χ4v) is 2.79. The van der Waals surface area contributed by atoms with Gasteiger partial charge in [0.2, 0.25) is 10.0 Å². The third-order valence-electron chi connectivity index (χ3n) is 2.80. The van der Waals surface area contributed by atoms with Crippen LogP contribution in [0.1, 0.15) is 0 Å². The van der Waals surface area contributed by atoms with Gasteiger partial charge < -0.3 is 4.74 Å². The first-order valence-corrected chi connectivity index (χ1v) is 8.17. The zero-order valence-corrected chi connectivity index (χ0v) is 13.0. The predicted octanol–water partition coefficient (Wildman–Crippen LogP) is 2.46. The van der Waals surface area contributed by atoms with Gasteiger partial charge in [-0.2, -0.15) is 4.72 Å². The van der Waals surface area contributed by atoms with Crippen molar-refractivity contribution in [3.8, 4) is 17.6 Å². The highest BCUT2D eigenvalue weighted by molar-refractivity contribution is 7.89. The van der Waals surface area contributed by atoms with Crippen LogP contribution < -0.4 is 9.46 Å². The zero-order chi connectivity index (χ0) is 17.6. The summed E-state index contributed by atoms with van der Waals surface area (Å²) in [4.78, 5) is -1.06. The molecule has 0 aromatic heterocycles. The largest absolute Gasteiger partial charge is 0.478 e. The van der Waals surface area contributed by atoms with Gasteiger partial charge in [0, 0.05) is 0 Å². The van der Waals surface area contributed by atoms with Crippen LogP contribution >= 0.6 is 0 Å². The molecule has 0 aliphatic heterocycles. The number of ether oxygens (including phenoxy) is 1. The Morgan fingerprint density at radius 3 is 2.21 bits per heavy atom. The average molecular weight is 355 g/mol. The van der Waals surface area contributed by atoms with Crippen LogP contribution in [0.3, 0.4) is 0 Å². The highest BCUT2D eigenvalue weighted by Crippen LogP contribution is 2.17. The van der Waals surface area contributed by atoms with Crippen molar-refractivity contribution in [2.75, 3.05) is 13.2 Å². The summed E-state index contributed by atoms with van der Waals surface area (Å²) < 4.78 is 70.8. The quantitative estimate of drug-likeness (QED) is 0.839. The maximum atomic E-state index is 13.5. The summed E-state index contributed by atoms with van der Waals surface area (Å²) in [6, 6.07) is 8.47. The molecule has 0 spiro atoms. The number of hydrogen-bond acceptors (Lipinski definition) is 3. The lowest BCUT2D eigenvalue weighted by Gasteiger charge is -2.06. The van der Waals surface area contributed by atoms with Crippen LogP contribution in [0.25, 0.3) is 0 Å². The van der Waals surface area contributed by atoms with E-state index < -0.39 is 32.4 Å². The normalized spacial score (nSPS) is 10.8. The van der Waals surface area contributed by atoms with Crippen molar-refractivity contribution in [3.63, 3.8) is 0 Å². The van der Waals surface area contributed by atoms with Crippen LogP contribution in [-0.2, 0) is 10.0 Å². The minimum Gasteiger partial charge on any atom is -0.478 e. The molecule has 0 atom stereocenters. The lowest BCUT2D eigenvalue weighted by molar-refractivity contribution is 0.348. The smallest absolute Gasteiger partial charge is 0.247 e. The minimum atomic E-state index is -4.37. The summed E-state index contributed by atoms with van der Waals surface area (Å²) in [5.41, 5.74) is 0. The molecule has 2 aromatic rings. The van der Waals surface area contributed by atoms with E-state index in [1.165, 1.54) is 18.2 Å². The molecule has 0 amide bonds. The number of rotatable bonds is 5. The van der Waals surface area contributed by atoms with Crippen molar-refractivity contribution in [1.29, 1.82) is 0 Å². The van der Waals surface area contributed by atoms with E-state index in [1.807, 2.05) is 4.72 Å². The van der Waals surface area contributed by atoms with Crippen molar-refractivity contribution in [2.45, 2.75) is 4.90 Å². The molecule has 2 aromatic carbocycles. The van der Waals surface area contributed by atoms with E-state index in [1.54, 1.807) is 6.07 Å². The second-order valence-corrected chi connectivity index (χ2v) is 6.15. The molecule has 0 saturated carbocycles. The third kappa shape index (κ3) is 4.50. The van der Waals surface area contributed by atoms with E-state index in [0.717, 1.165) is 18.2 Å². The predicted molar refractivity (Wildman–Crippen MR) is 81.2 cm³/mol. The van der Waals surface area contributed by atoms with Crippen molar-refractivity contribution in [1.82, 2.24) is 4.72 Å². The molecule has 8 heteroatoms. The number of para-hydroxylation sites is 1. The SMILES string of the molecule is O=S(=O)(NCC#CCOc1ccccc1F)c1c(F)cccc1F. The molecule has 0 aliphatic rings. The summed E-state index contributed by atoms with van der Waals surface area (Å²) in [6.45, 7) is -0.548. The highest BCUT2D eigenvalue weighted by Gasteiger charge is 2.22. The Balaban J connectivity index is 1.92. The third-order valence-corrected chi connectivity index (χ3v) is 4.25. The minimum absolute atomic E-state index is 0.0146. The monoisotopic (exact) mass is 355 g/mol. The number of benzene rings is 2. The average Bonchev–Trinajstić information content (AvgIpc) is 2.52. The summed E-state index contributed by atoms with van der Waals surface area (Å²) in [7, 11) is -4.37. The van der Waals surface area contributed by atoms with Gasteiger partial charge >= 0.3 is 0 Å². The van der Waals surface area contributed by atoms with Crippen molar-refractivity contribution in [2.24, 2.45) is 0 Å². The van der Waals surface area contributed by atoms with Crippen LogP contribution in [0.5, 0.6) is 5.75 Å². The molecule has 4 nitrogen and oxygen atoms in total. The fourth-order valence-electron chi connectivity index (χ4n) is 1.73. The second kappa shape index (κ2) is 7.86. The molecule has 0 aliphatic carbocycles. The van der Waals surface area contributed by atoms with E-state index in [-0.39, 0.29) is 18.9 Å². The van der Waals surface area contributed by atoms with E-state index in [9.17, 15) is 21.6 Å². The van der Waals surface area contributed by atoms with Gasteiger partial charge in [-0.15, -0.1) is 0 Å². The Bertz CT molecular complexity index is 869. The molecule has 2 rings (SSSR count). The van der Waals surface area contributed by atoms with Crippen LogP contribution in [0, 0.1) is 29.3 Å². The van der Waals surface area contributed by atoms with Gasteiger partial charge in [0.25, 0.3) is 0 Å². The van der Waals surface area contributed by atoms with Gasteiger partial charge in [-0.05, 0) is 24.3 Å². The number of halogens is 3. The standard InChI is InChI=1S/C16H12F3NO3S/c17-12-6-1-2-9-15(12)23-11-4-3-10-20-24(21,22)16-13(18)7-5-8-14(16)19/h1-2,5-9,20H,10-11H2. The molecule has 0 saturated heterocycles. The molecule has 0 radical (unpaired) electrons. The molecule has 0 unspecified atom stereocenters. The topological polar surface area (TPSA) is 55.4 Å². The summed E-state index contributed by atoms with van der Waals surface area (Å²) >= 11 is 0. The number of sulfonamides is 1. The van der Waals surface area contributed by atoms with Crippen molar-refractivity contribution >= 4 is 10.0 Å². The van der Waals surface area contributed by atoms with Crippen LogP contribution in [0.4, 0.5) is 13.2 Å². The number of hydrogen-bond donors (Lipinski definition) is 1. The maximum Gasteiger partial charge on any atom is 0.247 e. The van der Waals surface area contributed by atoms with E-state index in [2.05, 4.69) is 11.8 Å². The van der Waals surface area contributed by atoms with Crippen LogP contribution in [-0.4, -0.2) is 21.6 Å². The fraction of sp³-hybridized carbons (Fsp3) is 0.125. The van der Waals surface area contributed by atoms with Gasteiger partial charge in [0.15, 0.2) is 16.5 Å². The van der Waals surface area contributed by atoms with Gasteiger partial charge in [0.05, 0.1) is 6.54 Å². The molecule has 1 N–H and O–H groups in total. The Hall–Kier alpha value is -2.50. The second-order valence-electron chi connectivity index (χ2n) is 4.45. The molecule has 126 valence electrons. The first-order valence-electron chi connectivity index (χ1n) is 6.68. The molecule has 0 bridgehead atoms. The molecule has 24 heavy (non-hydrogen) atoms. The van der Waals surface area contributed by atoms with Gasteiger partial charge in [-0.25, -0.2) is 21.6 Å². The van der Waals surface area contributed by atoms with E-state index in [4.69, 9.17) is 4.74 Å². The lowest BCUT2D eigenvalue weighted by Crippen LogP contribution is -2.26. The summed E-state index contributed by atoms with van der Waals surface area (Å²) in [6.07, 6.45) is 0. The van der Waals surface area contributed by atoms with Crippen LogP contribution in [0.2, 0.25) is 0 Å². The Labute approximate surface area is 137 Å². The number of nitrogens with one attached hydrogen (secondary N) is 1. The van der Waals surface area contributed by atoms with Crippen molar-refractivity contribution in [3.05, 3.63) is 59.9 Å². The Morgan fingerprint density at radius 1 is 0.917 bits per heavy atom. The molecular formula is C16H12F3NO3S. The first kappa shape index (κ1) is 17.8. The Morgan fingerprint density at radius 2 is 1.54 bits per heavy atom. The lowest BCUT2D eigenvalue weighted by atomic mass is 10.3. The highest BCUT2D eigenvalue weighted by atomic mass is 32.2. The van der Waals surface area contributed by atoms with Crippen LogP contribution in [0.15, 0.2) is 47.4 Å². The molecule has 0 heterocycles.